The molecule has 0 aliphatic heterocycles. The fraction of sp³-hybridized carbons (Fsp3) is 0.125. The molecule has 0 radical (unpaired) electrons. The molecule has 0 aromatic heterocycles. The molecule has 0 aliphatic rings. The first-order valence-electron chi connectivity index (χ1n) is 3.29. The third-order valence-corrected chi connectivity index (χ3v) is 1.38. The van der Waals surface area contributed by atoms with E-state index in [1.807, 2.05) is 0 Å². The SMILES string of the molecule is O=C(Cc1ccccc1F)OF. The lowest BCUT2D eigenvalue weighted by Crippen LogP contribution is -2.03. The second-order valence-corrected chi connectivity index (χ2v) is 2.22. The van der Waals surface area contributed by atoms with Crippen LogP contribution in [0.4, 0.5) is 8.92 Å². The third kappa shape index (κ3) is 2.02. The molecule has 0 atom stereocenters. The second kappa shape index (κ2) is 3.80. The van der Waals surface area contributed by atoms with Gasteiger partial charge in [-0.3, -0.25) is 4.94 Å². The molecule has 4 heteroatoms. The molecule has 0 N–H and O–H groups in total. The van der Waals surface area contributed by atoms with Gasteiger partial charge in [0.2, 0.25) is 0 Å². The van der Waals surface area contributed by atoms with Gasteiger partial charge < -0.3 is 0 Å². The van der Waals surface area contributed by atoms with E-state index in [0.717, 1.165) is 0 Å². The van der Waals surface area contributed by atoms with Gasteiger partial charge >= 0.3 is 5.97 Å². The molecule has 0 aliphatic carbocycles. The normalized spacial score (nSPS) is 9.50. The summed E-state index contributed by atoms with van der Waals surface area (Å²) in [6.07, 6.45) is -0.386. The highest BCUT2D eigenvalue weighted by molar-refractivity contribution is 5.71. The van der Waals surface area contributed by atoms with Gasteiger partial charge in [0.25, 0.3) is 0 Å². The van der Waals surface area contributed by atoms with Gasteiger partial charge in [0.15, 0.2) is 0 Å². The molecular formula is C8H6F2O2. The number of benzene rings is 1. The van der Waals surface area contributed by atoms with Crippen LogP contribution in [0.2, 0.25) is 0 Å². The van der Waals surface area contributed by atoms with Crippen LogP contribution in [0.3, 0.4) is 0 Å². The molecule has 0 fully saturated rings. The lowest BCUT2D eigenvalue weighted by Gasteiger charge is -1.97. The van der Waals surface area contributed by atoms with Gasteiger partial charge in [0, 0.05) is 4.53 Å². The monoisotopic (exact) mass is 172 g/mol. The summed E-state index contributed by atoms with van der Waals surface area (Å²) in [6, 6.07) is 5.64. The van der Waals surface area contributed by atoms with Crippen LogP contribution in [-0.4, -0.2) is 5.97 Å². The molecule has 0 saturated carbocycles. The molecule has 1 aromatic rings. The van der Waals surface area contributed by atoms with Crippen LogP contribution in [0.1, 0.15) is 5.56 Å². The zero-order valence-corrected chi connectivity index (χ0v) is 6.09. The standard InChI is InChI=1S/C8H6F2O2/c9-7-4-2-1-3-6(7)5-8(11)12-10/h1-4H,5H2. The van der Waals surface area contributed by atoms with E-state index in [1.165, 1.54) is 18.2 Å². The zero-order chi connectivity index (χ0) is 8.97. The van der Waals surface area contributed by atoms with Crippen LogP contribution < -0.4 is 0 Å². The highest BCUT2D eigenvalue weighted by atomic mass is 19.3. The summed E-state index contributed by atoms with van der Waals surface area (Å²) in [6.45, 7) is 0. The Morgan fingerprint density at radius 2 is 2.08 bits per heavy atom. The van der Waals surface area contributed by atoms with E-state index in [9.17, 15) is 13.7 Å². The summed E-state index contributed by atoms with van der Waals surface area (Å²) in [5.41, 5.74) is 0.125. The number of rotatable bonds is 2. The Hall–Kier alpha value is -1.45. The first kappa shape index (κ1) is 8.64. The summed E-state index contributed by atoms with van der Waals surface area (Å²) in [5.74, 6) is -1.64. The molecule has 0 amide bonds. The average Bonchev–Trinajstić information content (AvgIpc) is 2.09. The van der Waals surface area contributed by atoms with E-state index in [2.05, 4.69) is 4.94 Å². The Bertz CT molecular complexity index is 286. The van der Waals surface area contributed by atoms with E-state index in [4.69, 9.17) is 0 Å². The molecule has 0 spiro atoms. The Morgan fingerprint density at radius 3 is 2.67 bits per heavy atom. The second-order valence-electron chi connectivity index (χ2n) is 2.22. The van der Waals surface area contributed by atoms with Crippen LogP contribution in [0, 0.1) is 5.82 Å². The molecular weight excluding hydrogens is 166 g/mol. The van der Waals surface area contributed by atoms with Gasteiger partial charge in [-0.05, 0) is 11.6 Å². The van der Waals surface area contributed by atoms with Crippen LogP contribution in [0.5, 0.6) is 0 Å². The van der Waals surface area contributed by atoms with Crippen molar-refractivity contribution in [3.05, 3.63) is 35.6 Å². The van der Waals surface area contributed by atoms with Crippen molar-refractivity contribution >= 4 is 5.97 Å². The van der Waals surface area contributed by atoms with Gasteiger partial charge in [0.1, 0.15) is 5.82 Å². The maximum Gasteiger partial charge on any atom is 0.353 e. The van der Waals surface area contributed by atoms with Crippen molar-refractivity contribution < 1.29 is 18.7 Å². The minimum atomic E-state index is -1.10. The van der Waals surface area contributed by atoms with E-state index in [1.54, 1.807) is 6.07 Å². The maximum atomic E-state index is 12.8. The predicted molar refractivity (Wildman–Crippen MR) is 37.3 cm³/mol. The zero-order valence-electron chi connectivity index (χ0n) is 6.09. The number of carbonyl (C=O) groups is 1. The topological polar surface area (TPSA) is 26.3 Å². The summed E-state index contributed by atoms with van der Waals surface area (Å²) in [5, 5.41) is 0. The van der Waals surface area contributed by atoms with Crippen molar-refractivity contribution in [1.82, 2.24) is 0 Å². The van der Waals surface area contributed by atoms with Crippen molar-refractivity contribution in [3.8, 4) is 0 Å². The molecule has 2 nitrogen and oxygen atoms in total. The molecule has 0 saturated heterocycles. The quantitative estimate of drug-likeness (QED) is 0.679. The third-order valence-electron chi connectivity index (χ3n) is 1.38. The van der Waals surface area contributed by atoms with E-state index in [0.29, 0.717) is 0 Å². The summed E-state index contributed by atoms with van der Waals surface area (Å²) < 4.78 is 24.0. The van der Waals surface area contributed by atoms with Crippen molar-refractivity contribution in [3.63, 3.8) is 0 Å². The first-order valence-corrected chi connectivity index (χ1v) is 3.29. The predicted octanol–water partition coefficient (Wildman–Crippen LogP) is 1.80. The van der Waals surface area contributed by atoms with E-state index >= 15 is 0 Å². The summed E-state index contributed by atoms with van der Waals surface area (Å²) >= 11 is 0. The number of hydrogen-bond donors (Lipinski definition) is 0. The van der Waals surface area contributed by atoms with Gasteiger partial charge in [0.05, 0.1) is 6.42 Å². The smallest absolute Gasteiger partial charge is 0.255 e. The largest absolute Gasteiger partial charge is 0.353 e. The molecule has 1 rings (SSSR count). The van der Waals surface area contributed by atoms with Gasteiger partial charge in [-0.2, -0.15) is 0 Å². The molecule has 0 unspecified atom stereocenters. The lowest BCUT2D eigenvalue weighted by atomic mass is 10.1. The Labute approximate surface area is 67.7 Å². The van der Waals surface area contributed by atoms with E-state index in [-0.39, 0.29) is 12.0 Å². The molecule has 0 heterocycles. The van der Waals surface area contributed by atoms with Crippen LogP contribution in [-0.2, 0) is 16.2 Å². The van der Waals surface area contributed by atoms with Crippen molar-refractivity contribution in [2.24, 2.45) is 0 Å². The fourth-order valence-electron chi connectivity index (χ4n) is 0.825. The van der Waals surface area contributed by atoms with Crippen LogP contribution in [0.15, 0.2) is 24.3 Å². The van der Waals surface area contributed by atoms with Crippen LogP contribution >= 0.6 is 0 Å². The first-order chi connectivity index (χ1) is 5.74. The highest BCUT2D eigenvalue weighted by Crippen LogP contribution is 2.07. The Morgan fingerprint density at radius 1 is 1.42 bits per heavy atom. The molecule has 1 aromatic carbocycles. The fourth-order valence-corrected chi connectivity index (χ4v) is 0.825. The van der Waals surface area contributed by atoms with E-state index < -0.39 is 11.8 Å². The van der Waals surface area contributed by atoms with Gasteiger partial charge in [-0.25, -0.2) is 9.18 Å². The van der Waals surface area contributed by atoms with Gasteiger partial charge in [-0.15, -0.1) is 0 Å². The number of hydrogen-bond acceptors (Lipinski definition) is 2. The van der Waals surface area contributed by atoms with Crippen LogP contribution in [0.25, 0.3) is 0 Å². The highest BCUT2D eigenvalue weighted by Gasteiger charge is 2.08. The minimum absolute atomic E-state index is 0.125. The summed E-state index contributed by atoms with van der Waals surface area (Å²) in [7, 11) is 0. The van der Waals surface area contributed by atoms with Crippen molar-refractivity contribution in [2.75, 3.05) is 0 Å². The Balaban J connectivity index is 2.75. The molecule has 64 valence electrons. The summed E-state index contributed by atoms with van der Waals surface area (Å²) in [4.78, 5) is 13.3. The number of halogens is 2. The molecule has 0 bridgehead atoms. The number of carbonyl (C=O) groups excluding carboxylic acids is 1. The van der Waals surface area contributed by atoms with Gasteiger partial charge in [-0.1, -0.05) is 18.2 Å². The maximum absolute atomic E-state index is 12.8. The minimum Gasteiger partial charge on any atom is -0.255 e. The van der Waals surface area contributed by atoms with Crippen molar-refractivity contribution in [1.29, 1.82) is 0 Å². The average molecular weight is 172 g/mol. The molecule has 12 heavy (non-hydrogen) atoms. The van der Waals surface area contributed by atoms with Crippen molar-refractivity contribution in [2.45, 2.75) is 6.42 Å². The lowest BCUT2D eigenvalue weighted by molar-refractivity contribution is -0.182. The Kier molecular flexibility index (Phi) is 2.74.